The molecule has 9 nitrogen and oxygen atoms in total. The molecule has 1 atom stereocenters. The molecule has 4 heterocycles. The molecule has 0 spiro atoms. The van der Waals surface area contributed by atoms with E-state index in [1.807, 2.05) is 40.7 Å². The zero-order chi connectivity index (χ0) is 22.5. The van der Waals surface area contributed by atoms with E-state index in [9.17, 15) is 14.4 Å². The van der Waals surface area contributed by atoms with Crippen molar-refractivity contribution in [3.05, 3.63) is 33.4 Å². The van der Waals surface area contributed by atoms with Gasteiger partial charge < -0.3 is 19.1 Å². The first-order valence-corrected chi connectivity index (χ1v) is 11.0. The van der Waals surface area contributed by atoms with E-state index in [1.165, 1.54) is 4.52 Å². The highest BCUT2D eigenvalue weighted by atomic mass is 16.5. The smallest absolute Gasteiger partial charge is 0.280 e. The molecule has 0 saturated carbocycles. The maximum atomic E-state index is 13.4. The average Bonchev–Trinajstić information content (AvgIpc) is 3.34. The van der Waals surface area contributed by atoms with Crippen molar-refractivity contribution in [3.8, 4) is 0 Å². The minimum Gasteiger partial charge on any atom is -0.378 e. The highest BCUT2D eigenvalue weighted by Crippen LogP contribution is 2.27. The lowest BCUT2D eigenvalue weighted by molar-refractivity contribution is -0.135. The predicted octanol–water partition coefficient (Wildman–Crippen LogP) is 1.41. The highest BCUT2D eigenvalue weighted by Gasteiger charge is 2.37. The predicted molar refractivity (Wildman–Crippen MR) is 115 cm³/mol. The topological polar surface area (TPSA) is 89.2 Å². The monoisotopic (exact) mass is 429 g/mol. The van der Waals surface area contributed by atoms with Crippen LogP contribution in [0.25, 0.3) is 5.65 Å². The molecule has 2 aliphatic heterocycles. The second-order valence-electron chi connectivity index (χ2n) is 9.45. The van der Waals surface area contributed by atoms with Crippen LogP contribution in [0.1, 0.15) is 62.8 Å². The van der Waals surface area contributed by atoms with Gasteiger partial charge >= 0.3 is 0 Å². The first kappa shape index (κ1) is 21.5. The largest absolute Gasteiger partial charge is 0.378 e. The fraction of sp³-hybridized carbons (Fsp3) is 0.636. The Morgan fingerprint density at radius 2 is 1.90 bits per heavy atom. The number of carbonyl (C=O) groups is 2. The van der Waals surface area contributed by atoms with Crippen LogP contribution in [-0.2, 0) is 28.0 Å². The third-order valence-corrected chi connectivity index (χ3v) is 6.31. The van der Waals surface area contributed by atoms with E-state index in [-0.39, 0.29) is 41.9 Å². The normalized spacial score (nSPS) is 18.0. The molecule has 2 aliphatic rings. The zero-order valence-corrected chi connectivity index (χ0v) is 19.0. The second-order valence-corrected chi connectivity index (χ2v) is 9.45. The van der Waals surface area contributed by atoms with Crippen LogP contribution in [-0.4, -0.2) is 68.1 Å². The molecule has 168 valence electrons. The van der Waals surface area contributed by atoms with Gasteiger partial charge in [-0.2, -0.15) is 9.61 Å². The number of ether oxygens (including phenoxy) is 1. The number of aromatic nitrogens is 3. The maximum absolute atomic E-state index is 13.4. The van der Waals surface area contributed by atoms with E-state index in [4.69, 9.17) is 4.74 Å². The van der Waals surface area contributed by atoms with Crippen LogP contribution in [0, 0.1) is 0 Å². The lowest BCUT2D eigenvalue weighted by Crippen LogP contribution is -2.43. The number of hydrogen-bond donors (Lipinski definition) is 0. The summed E-state index contributed by atoms with van der Waals surface area (Å²) in [6, 6.07) is 1.83. The van der Waals surface area contributed by atoms with Crippen molar-refractivity contribution in [2.45, 2.75) is 65.6 Å². The number of rotatable bonds is 4. The van der Waals surface area contributed by atoms with E-state index in [0.717, 1.165) is 12.1 Å². The SMILES string of the molecule is CC[C@@H](C)N1Cc2c(n(CC(=O)N3CCOCC3)c3cc(C(C)(C)C)nn3c2=O)C1=O. The summed E-state index contributed by atoms with van der Waals surface area (Å²) in [6.07, 6.45) is 0.784. The van der Waals surface area contributed by atoms with Gasteiger partial charge in [0.1, 0.15) is 17.9 Å². The maximum Gasteiger partial charge on any atom is 0.280 e. The molecule has 9 heteroatoms. The van der Waals surface area contributed by atoms with E-state index in [1.54, 1.807) is 14.4 Å². The minimum atomic E-state index is -0.283. The molecule has 1 saturated heterocycles. The number of nitrogens with zero attached hydrogens (tertiary/aromatic N) is 5. The van der Waals surface area contributed by atoms with Crippen LogP contribution in [0.3, 0.4) is 0 Å². The first-order valence-electron chi connectivity index (χ1n) is 11.0. The molecule has 2 aromatic rings. The summed E-state index contributed by atoms with van der Waals surface area (Å²) in [5, 5.41) is 4.57. The van der Waals surface area contributed by atoms with Crippen molar-refractivity contribution in [1.82, 2.24) is 24.0 Å². The summed E-state index contributed by atoms with van der Waals surface area (Å²) in [6.45, 7) is 12.3. The number of carbonyl (C=O) groups excluding carboxylic acids is 2. The molecular weight excluding hydrogens is 398 g/mol. The molecule has 0 N–H and O–H groups in total. The van der Waals surface area contributed by atoms with Gasteiger partial charge in [-0.15, -0.1) is 0 Å². The average molecular weight is 430 g/mol. The van der Waals surface area contributed by atoms with E-state index in [0.29, 0.717) is 43.2 Å². The van der Waals surface area contributed by atoms with Gasteiger partial charge in [-0.1, -0.05) is 27.7 Å². The Labute approximate surface area is 181 Å². The molecule has 0 aliphatic carbocycles. The molecule has 0 radical (unpaired) electrons. The third-order valence-electron chi connectivity index (χ3n) is 6.31. The first-order chi connectivity index (χ1) is 14.6. The van der Waals surface area contributed by atoms with Gasteiger partial charge in [0.15, 0.2) is 0 Å². The van der Waals surface area contributed by atoms with Crippen molar-refractivity contribution in [1.29, 1.82) is 0 Å². The fourth-order valence-electron chi connectivity index (χ4n) is 4.14. The van der Waals surface area contributed by atoms with Gasteiger partial charge in [-0.3, -0.25) is 14.4 Å². The number of fused-ring (bicyclic) bond motifs is 2. The standard InChI is InChI=1S/C22H31N5O4/c1-6-14(2)25-12-15-19(21(25)30)26(13-18(28)24-7-9-31-10-8-24)17-11-16(22(3,4)5)23-27(17)20(15)29/h11,14H,6-10,12-13H2,1-5H3/t14-/m1/s1. The molecule has 0 unspecified atom stereocenters. The van der Waals surface area contributed by atoms with Crippen LogP contribution in [0.15, 0.2) is 10.9 Å². The van der Waals surface area contributed by atoms with Crippen LogP contribution in [0.4, 0.5) is 0 Å². The number of morpholine rings is 1. The van der Waals surface area contributed by atoms with E-state index >= 15 is 0 Å². The Kier molecular flexibility index (Phi) is 5.41. The van der Waals surface area contributed by atoms with Crippen LogP contribution in [0.2, 0.25) is 0 Å². The molecule has 2 amide bonds. The summed E-state index contributed by atoms with van der Waals surface area (Å²) < 4.78 is 8.41. The second kappa shape index (κ2) is 7.78. The zero-order valence-electron chi connectivity index (χ0n) is 19.0. The van der Waals surface area contributed by atoms with Crippen LogP contribution >= 0.6 is 0 Å². The Hall–Kier alpha value is -2.68. The lowest BCUT2D eigenvalue weighted by Gasteiger charge is -2.27. The summed E-state index contributed by atoms with van der Waals surface area (Å²) in [5.41, 5.74) is 1.40. The summed E-state index contributed by atoms with van der Waals surface area (Å²) in [4.78, 5) is 43.2. The number of hydrogen-bond acceptors (Lipinski definition) is 5. The Morgan fingerprint density at radius 1 is 1.23 bits per heavy atom. The molecule has 31 heavy (non-hydrogen) atoms. The molecular formula is C22H31N5O4. The van der Waals surface area contributed by atoms with Crippen LogP contribution < -0.4 is 5.56 Å². The minimum absolute atomic E-state index is 0.000141. The van der Waals surface area contributed by atoms with Gasteiger partial charge in [0.25, 0.3) is 11.5 Å². The summed E-state index contributed by atoms with van der Waals surface area (Å²) >= 11 is 0. The van der Waals surface area contributed by atoms with E-state index in [2.05, 4.69) is 5.10 Å². The van der Waals surface area contributed by atoms with Gasteiger partial charge in [-0.25, -0.2) is 0 Å². The van der Waals surface area contributed by atoms with Crippen molar-refractivity contribution in [3.63, 3.8) is 0 Å². The Morgan fingerprint density at radius 3 is 2.52 bits per heavy atom. The lowest BCUT2D eigenvalue weighted by atomic mass is 9.93. The third kappa shape index (κ3) is 3.64. The van der Waals surface area contributed by atoms with Crippen molar-refractivity contribution in [2.75, 3.05) is 26.3 Å². The van der Waals surface area contributed by atoms with Gasteiger partial charge in [0.05, 0.1) is 31.0 Å². The van der Waals surface area contributed by atoms with Gasteiger partial charge in [-0.05, 0) is 13.3 Å². The van der Waals surface area contributed by atoms with Gasteiger partial charge in [0.2, 0.25) is 5.91 Å². The van der Waals surface area contributed by atoms with Crippen molar-refractivity contribution < 1.29 is 14.3 Å². The quantitative estimate of drug-likeness (QED) is 0.733. The molecule has 1 fully saturated rings. The van der Waals surface area contributed by atoms with Crippen molar-refractivity contribution in [2.24, 2.45) is 0 Å². The summed E-state index contributed by atoms with van der Waals surface area (Å²) in [7, 11) is 0. The molecule has 2 aromatic heterocycles. The Bertz CT molecular complexity index is 1090. The summed E-state index contributed by atoms with van der Waals surface area (Å²) in [5.74, 6) is -0.290. The van der Waals surface area contributed by atoms with Crippen LogP contribution in [0.5, 0.6) is 0 Å². The molecule has 0 bridgehead atoms. The Balaban J connectivity index is 1.87. The molecule has 4 rings (SSSR count). The van der Waals surface area contributed by atoms with E-state index < -0.39 is 0 Å². The molecule has 0 aromatic carbocycles. The number of amides is 2. The van der Waals surface area contributed by atoms with Gasteiger partial charge in [0, 0.05) is 30.6 Å². The van der Waals surface area contributed by atoms with Crippen molar-refractivity contribution >= 4 is 17.5 Å². The highest BCUT2D eigenvalue weighted by molar-refractivity contribution is 5.98. The fourth-order valence-corrected chi connectivity index (χ4v) is 4.14.